The molecule has 1 saturated carbocycles. The van der Waals surface area contributed by atoms with Gasteiger partial charge >= 0.3 is 5.97 Å². The van der Waals surface area contributed by atoms with Crippen molar-refractivity contribution in [3.63, 3.8) is 0 Å². The standard InChI is InChI=1S/C11H16N2O4/c1-10(2,3)17-9(15)11(4-5-11)8-13-7(14)6(12)16-8/h14H,4-5,12H2,1-3H3. The molecule has 1 aromatic rings. The number of rotatable bonds is 2. The summed E-state index contributed by atoms with van der Waals surface area (Å²) in [5.41, 5.74) is 3.94. The molecule has 0 aliphatic heterocycles. The SMILES string of the molecule is CC(C)(C)OC(=O)C1(c2nc(O)c(N)o2)CC1. The molecule has 1 fully saturated rings. The van der Waals surface area contributed by atoms with Gasteiger partial charge in [0.25, 0.3) is 11.8 Å². The minimum Gasteiger partial charge on any atom is -0.489 e. The third-order valence-corrected chi connectivity index (χ3v) is 2.58. The molecular weight excluding hydrogens is 224 g/mol. The van der Waals surface area contributed by atoms with E-state index in [1.54, 1.807) is 20.8 Å². The number of esters is 1. The molecule has 0 saturated heterocycles. The number of carbonyl (C=O) groups is 1. The first-order valence-electron chi connectivity index (χ1n) is 5.44. The number of hydrogen-bond donors (Lipinski definition) is 2. The molecular formula is C11H16N2O4. The summed E-state index contributed by atoms with van der Waals surface area (Å²) >= 11 is 0. The highest BCUT2D eigenvalue weighted by atomic mass is 16.6. The second-order valence-corrected chi connectivity index (χ2v) is 5.29. The van der Waals surface area contributed by atoms with Crippen LogP contribution in [-0.4, -0.2) is 21.7 Å². The smallest absolute Gasteiger partial charge is 0.322 e. The van der Waals surface area contributed by atoms with Crippen molar-refractivity contribution in [3.8, 4) is 5.88 Å². The van der Waals surface area contributed by atoms with Crippen molar-refractivity contribution in [3.05, 3.63) is 5.89 Å². The van der Waals surface area contributed by atoms with E-state index >= 15 is 0 Å². The second kappa shape index (κ2) is 3.38. The summed E-state index contributed by atoms with van der Waals surface area (Å²) in [6.07, 6.45) is 1.20. The third-order valence-electron chi connectivity index (χ3n) is 2.58. The zero-order valence-electron chi connectivity index (χ0n) is 10.1. The molecule has 1 heterocycles. The second-order valence-electron chi connectivity index (χ2n) is 5.29. The van der Waals surface area contributed by atoms with E-state index in [0.717, 1.165) is 0 Å². The predicted molar refractivity (Wildman–Crippen MR) is 59.3 cm³/mol. The maximum Gasteiger partial charge on any atom is 0.322 e. The van der Waals surface area contributed by atoms with Crippen molar-refractivity contribution < 1.29 is 19.1 Å². The molecule has 2 rings (SSSR count). The van der Waals surface area contributed by atoms with E-state index in [4.69, 9.17) is 14.9 Å². The van der Waals surface area contributed by atoms with Crippen LogP contribution in [0.3, 0.4) is 0 Å². The Bertz CT molecular complexity index is 435. The topological polar surface area (TPSA) is 98.6 Å². The van der Waals surface area contributed by atoms with Crippen molar-refractivity contribution in [2.24, 2.45) is 0 Å². The number of nitrogens with zero attached hydrogens (tertiary/aromatic N) is 1. The van der Waals surface area contributed by atoms with E-state index < -0.39 is 11.0 Å². The van der Waals surface area contributed by atoms with Gasteiger partial charge in [-0.15, -0.1) is 0 Å². The molecule has 0 spiro atoms. The Morgan fingerprint density at radius 2 is 2.12 bits per heavy atom. The van der Waals surface area contributed by atoms with E-state index in [2.05, 4.69) is 4.98 Å². The molecule has 1 aliphatic rings. The van der Waals surface area contributed by atoms with Gasteiger partial charge in [-0.3, -0.25) is 4.79 Å². The van der Waals surface area contributed by atoms with Crippen LogP contribution in [0.15, 0.2) is 4.42 Å². The van der Waals surface area contributed by atoms with Gasteiger partial charge in [0.15, 0.2) is 0 Å². The summed E-state index contributed by atoms with van der Waals surface area (Å²) in [5, 5.41) is 9.26. The summed E-state index contributed by atoms with van der Waals surface area (Å²) in [5.74, 6) is -0.794. The van der Waals surface area contributed by atoms with Crippen molar-refractivity contribution >= 4 is 11.9 Å². The average Bonchev–Trinajstić information content (AvgIpc) is 2.88. The first-order valence-corrected chi connectivity index (χ1v) is 5.44. The molecule has 94 valence electrons. The number of aromatic hydroxyl groups is 1. The number of hydrogen-bond acceptors (Lipinski definition) is 6. The Morgan fingerprint density at radius 1 is 1.53 bits per heavy atom. The van der Waals surface area contributed by atoms with Gasteiger partial charge in [-0.05, 0) is 33.6 Å². The third kappa shape index (κ3) is 2.07. The number of oxazole rings is 1. The van der Waals surface area contributed by atoms with Gasteiger partial charge in [-0.25, -0.2) is 0 Å². The van der Waals surface area contributed by atoms with Gasteiger partial charge in [0.1, 0.15) is 11.0 Å². The highest BCUT2D eigenvalue weighted by Gasteiger charge is 2.58. The highest BCUT2D eigenvalue weighted by molar-refractivity contribution is 5.85. The number of aromatic nitrogens is 1. The summed E-state index contributed by atoms with van der Waals surface area (Å²) in [4.78, 5) is 15.8. The van der Waals surface area contributed by atoms with E-state index in [1.807, 2.05) is 0 Å². The van der Waals surface area contributed by atoms with Crippen molar-refractivity contribution in [2.75, 3.05) is 5.73 Å². The lowest BCUT2D eigenvalue weighted by atomic mass is 10.1. The maximum absolute atomic E-state index is 12.0. The monoisotopic (exact) mass is 240 g/mol. The largest absolute Gasteiger partial charge is 0.489 e. The molecule has 6 heteroatoms. The molecule has 0 radical (unpaired) electrons. The van der Waals surface area contributed by atoms with Gasteiger partial charge in [0, 0.05) is 0 Å². The van der Waals surface area contributed by atoms with Gasteiger partial charge in [-0.1, -0.05) is 0 Å². The Hall–Kier alpha value is -1.72. The lowest BCUT2D eigenvalue weighted by Gasteiger charge is -2.22. The molecule has 0 unspecified atom stereocenters. The van der Waals surface area contributed by atoms with E-state index in [-0.39, 0.29) is 23.6 Å². The van der Waals surface area contributed by atoms with Crippen LogP contribution in [0.2, 0.25) is 0 Å². The fourth-order valence-corrected chi connectivity index (χ4v) is 1.53. The fraction of sp³-hybridized carbons (Fsp3) is 0.636. The maximum atomic E-state index is 12.0. The van der Waals surface area contributed by atoms with Crippen LogP contribution in [0.25, 0.3) is 0 Å². The van der Waals surface area contributed by atoms with Crippen LogP contribution in [0.4, 0.5) is 5.88 Å². The summed E-state index contributed by atoms with van der Waals surface area (Å²) < 4.78 is 10.4. The molecule has 3 N–H and O–H groups in total. The number of anilines is 1. The van der Waals surface area contributed by atoms with Crippen LogP contribution >= 0.6 is 0 Å². The Kier molecular flexibility index (Phi) is 2.34. The first-order chi connectivity index (χ1) is 7.74. The number of carbonyl (C=O) groups excluding carboxylic acids is 1. The molecule has 1 aromatic heterocycles. The normalized spacial score (nSPS) is 17.8. The van der Waals surface area contributed by atoms with Crippen LogP contribution in [0.5, 0.6) is 5.88 Å². The molecule has 0 aromatic carbocycles. The molecule has 0 atom stereocenters. The minimum atomic E-state index is -0.859. The zero-order chi connectivity index (χ0) is 12.8. The van der Waals surface area contributed by atoms with Crippen LogP contribution in [0, 0.1) is 0 Å². The zero-order valence-corrected chi connectivity index (χ0v) is 10.1. The predicted octanol–water partition coefficient (Wildman–Crippen LogP) is 1.34. The summed E-state index contributed by atoms with van der Waals surface area (Å²) in [6.45, 7) is 5.38. The van der Waals surface area contributed by atoms with Crippen molar-refractivity contribution in [1.82, 2.24) is 4.98 Å². The number of nitrogen functional groups attached to an aromatic ring is 1. The molecule has 0 amide bonds. The molecule has 17 heavy (non-hydrogen) atoms. The number of nitrogens with two attached hydrogens (primary N) is 1. The van der Waals surface area contributed by atoms with Crippen molar-refractivity contribution in [1.29, 1.82) is 0 Å². The average molecular weight is 240 g/mol. The van der Waals surface area contributed by atoms with Gasteiger partial charge in [0.05, 0.1) is 0 Å². The molecule has 1 aliphatic carbocycles. The molecule has 0 bridgehead atoms. The van der Waals surface area contributed by atoms with Crippen LogP contribution in [-0.2, 0) is 14.9 Å². The summed E-state index contributed by atoms with van der Waals surface area (Å²) in [7, 11) is 0. The quantitative estimate of drug-likeness (QED) is 0.757. The minimum absolute atomic E-state index is 0.141. The first kappa shape index (κ1) is 11.8. The van der Waals surface area contributed by atoms with Gasteiger partial charge in [0.2, 0.25) is 5.89 Å². The lowest BCUT2D eigenvalue weighted by molar-refractivity contribution is -0.158. The van der Waals surface area contributed by atoms with Crippen molar-refractivity contribution in [2.45, 2.75) is 44.6 Å². The van der Waals surface area contributed by atoms with Gasteiger partial charge in [-0.2, -0.15) is 4.98 Å². The number of ether oxygens (including phenoxy) is 1. The van der Waals surface area contributed by atoms with E-state index in [0.29, 0.717) is 12.8 Å². The summed E-state index contributed by atoms with van der Waals surface area (Å²) in [6, 6.07) is 0. The van der Waals surface area contributed by atoms with Crippen LogP contribution in [0.1, 0.15) is 39.5 Å². The fourth-order valence-electron chi connectivity index (χ4n) is 1.53. The Balaban J connectivity index is 2.23. The van der Waals surface area contributed by atoms with E-state index in [1.165, 1.54) is 0 Å². The Morgan fingerprint density at radius 3 is 2.47 bits per heavy atom. The Labute approximate surface area is 98.8 Å². The molecule has 6 nitrogen and oxygen atoms in total. The highest BCUT2D eigenvalue weighted by Crippen LogP contribution is 2.50. The van der Waals surface area contributed by atoms with E-state index in [9.17, 15) is 9.90 Å². The lowest BCUT2D eigenvalue weighted by Crippen LogP contribution is -2.32. The van der Waals surface area contributed by atoms with Crippen LogP contribution < -0.4 is 5.73 Å². The van der Waals surface area contributed by atoms with Gasteiger partial charge < -0.3 is 20.0 Å².